The van der Waals surface area contributed by atoms with Gasteiger partial charge in [0.1, 0.15) is 17.5 Å². The Morgan fingerprint density at radius 1 is 1.14 bits per heavy atom. The molecular formula is C19H19FN6O2S. The van der Waals surface area contributed by atoms with E-state index >= 15 is 0 Å². The first-order chi connectivity index (χ1) is 13.9. The van der Waals surface area contributed by atoms with Gasteiger partial charge in [-0.05, 0) is 37.5 Å². The van der Waals surface area contributed by atoms with Gasteiger partial charge in [0.25, 0.3) is 0 Å². The quantitative estimate of drug-likeness (QED) is 0.685. The molecule has 0 radical (unpaired) electrons. The predicted molar refractivity (Wildman–Crippen MR) is 104 cm³/mol. The molecule has 1 unspecified atom stereocenters. The van der Waals surface area contributed by atoms with Crippen LogP contribution in [-0.4, -0.2) is 39.2 Å². The van der Waals surface area contributed by atoms with Crippen LogP contribution in [0.25, 0.3) is 0 Å². The van der Waals surface area contributed by atoms with Crippen molar-refractivity contribution >= 4 is 21.7 Å². The molecule has 1 aromatic carbocycles. The van der Waals surface area contributed by atoms with Crippen molar-refractivity contribution in [3.05, 3.63) is 66.3 Å². The summed E-state index contributed by atoms with van der Waals surface area (Å²) in [5.74, 6) is 0.399. The lowest BCUT2D eigenvalue weighted by Crippen LogP contribution is -2.31. The SMILES string of the molecule is Cc1ccc(S(=O)(=O)N2CCCC2c2cncc(Nc3cnccn3)n2)cc1F. The summed E-state index contributed by atoms with van der Waals surface area (Å²) in [6.07, 6.45) is 9.02. The van der Waals surface area contributed by atoms with Crippen LogP contribution in [0.3, 0.4) is 0 Å². The van der Waals surface area contributed by atoms with Gasteiger partial charge in [-0.15, -0.1) is 0 Å². The van der Waals surface area contributed by atoms with Crippen molar-refractivity contribution in [3.63, 3.8) is 0 Å². The summed E-state index contributed by atoms with van der Waals surface area (Å²) in [5.41, 5.74) is 0.920. The maximum Gasteiger partial charge on any atom is 0.243 e. The van der Waals surface area contributed by atoms with E-state index in [1.54, 1.807) is 31.7 Å². The number of sulfonamides is 1. The molecule has 1 aliphatic rings. The molecule has 0 saturated carbocycles. The Labute approximate surface area is 167 Å². The third-order valence-corrected chi connectivity index (χ3v) is 6.67. The van der Waals surface area contributed by atoms with Gasteiger partial charge in [0, 0.05) is 18.9 Å². The fourth-order valence-electron chi connectivity index (χ4n) is 3.29. The Bertz CT molecular complexity index is 1130. The van der Waals surface area contributed by atoms with Crippen LogP contribution >= 0.6 is 0 Å². The zero-order chi connectivity index (χ0) is 20.4. The molecule has 0 aliphatic carbocycles. The molecule has 10 heteroatoms. The van der Waals surface area contributed by atoms with Crippen molar-refractivity contribution in [2.75, 3.05) is 11.9 Å². The second kappa shape index (κ2) is 7.80. The summed E-state index contributed by atoms with van der Waals surface area (Å²) in [5, 5.41) is 3.00. The van der Waals surface area contributed by atoms with Gasteiger partial charge in [-0.2, -0.15) is 4.31 Å². The van der Waals surface area contributed by atoms with Gasteiger partial charge < -0.3 is 5.32 Å². The number of aromatic nitrogens is 4. The van der Waals surface area contributed by atoms with E-state index in [0.717, 1.165) is 6.07 Å². The van der Waals surface area contributed by atoms with Crippen molar-refractivity contribution in [3.8, 4) is 0 Å². The molecule has 3 aromatic rings. The molecule has 29 heavy (non-hydrogen) atoms. The van der Waals surface area contributed by atoms with E-state index in [0.29, 0.717) is 42.3 Å². The third kappa shape index (κ3) is 3.94. The number of hydrogen-bond acceptors (Lipinski definition) is 7. The molecule has 0 spiro atoms. The minimum atomic E-state index is -3.86. The number of aryl methyl sites for hydroxylation is 1. The van der Waals surface area contributed by atoms with Gasteiger partial charge in [-0.1, -0.05) is 6.07 Å². The summed E-state index contributed by atoms with van der Waals surface area (Å²) in [6, 6.07) is 3.50. The number of hydrogen-bond donors (Lipinski definition) is 1. The molecule has 150 valence electrons. The maximum atomic E-state index is 14.0. The van der Waals surface area contributed by atoms with Crippen molar-refractivity contribution in [2.45, 2.75) is 30.7 Å². The van der Waals surface area contributed by atoms with E-state index in [9.17, 15) is 12.8 Å². The molecule has 1 N–H and O–H groups in total. The Morgan fingerprint density at radius 2 is 1.97 bits per heavy atom. The lowest BCUT2D eigenvalue weighted by Gasteiger charge is -2.24. The normalized spacial score (nSPS) is 17.4. The van der Waals surface area contributed by atoms with Crippen LogP contribution < -0.4 is 5.32 Å². The van der Waals surface area contributed by atoms with Crippen LogP contribution in [0.2, 0.25) is 0 Å². The first-order valence-electron chi connectivity index (χ1n) is 9.08. The highest BCUT2D eigenvalue weighted by Crippen LogP contribution is 2.36. The first-order valence-corrected chi connectivity index (χ1v) is 10.5. The molecule has 8 nitrogen and oxygen atoms in total. The van der Waals surface area contributed by atoms with Crippen LogP contribution in [0.5, 0.6) is 0 Å². The predicted octanol–water partition coefficient (Wildman–Crippen LogP) is 2.98. The van der Waals surface area contributed by atoms with Crippen LogP contribution in [0.15, 0.2) is 54.1 Å². The molecule has 0 amide bonds. The molecule has 0 bridgehead atoms. The van der Waals surface area contributed by atoms with Crippen LogP contribution in [0, 0.1) is 12.7 Å². The fraction of sp³-hybridized carbons (Fsp3) is 0.263. The summed E-state index contributed by atoms with van der Waals surface area (Å²) >= 11 is 0. The summed E-state index contributed by atoms with van der Waals surface area (Å²) < 4.78 is 41.6. The molecule has 2 aromatic heterocycles. The monoisotopic (exact) mass is 414 g/mol. The van der Waals surface area contributed by atoms with Gasteiger partial charge in [0.15, 0.2) is 0 Å². The number of anilines is 2. The van der Waals surface area contributed by atoms with E-state index in [1.165, 1.54) is 22.6 Å². The van der Waals surface area contributed by atoms with Crippen LogP contribution in [-0.2, 0) is 10.0 Å². The molecule has 1 aliphatic heterocycles. The number of nitrogens with one attached hydrogen (secondary N) is 1. The lowest BCUT2D eigenvalue weighted by atomic mass is 10.2. The highest BCUT2D eigenvalue weighted by Gasteiger charge is 2.37. The van der Waals surface area contributed by atoms with E-state index in [2.05, 4.69) is 25.3 Å². The van der Waals surface area contributed by atoms with E-state index < -0.39 is 21.9 Å². The van der Waals surface area contributed by atoms with Crippen LogP contribution in [0.1, 0.15) is 30.1 Å². The topological polar surface area (TPSA) is 101 Å². The van der Waals surface area contributed by atoms with Gasteiger partial charge in [-0.3, -0.25) is 9.97 Å². The maximum absolute atomic E-state index is 14.0. The van der Waals surface area contributed by atoms with E-state index in [-0.39, 0.29) is 4.90 Å². The smallest absolute Gasteiger partial charge is 0.243 e. The highest BCUT2D eigenvalue weighted by molar-refractivity contribution is 7.89. The summed E-state index contributed by atoms with van der Waals surface area (Å²) in [7, 11) is -3.86. The van der Waals surface area contributed by atoms with Gasteiger partial charge in [0.2, 0.25) is 10.0 Å². The Morgan fingerprint density at radius 3 is 2.72 bits per heavy atom. The van der Waals surface area contributed by atoms with E-state index in [1.807, 2.05) is 0 Å². The number of halogens is 1. The second-order valence-electron chi connectivity index (χ2n) is 6.73. The Hall–Kier alpha value is -2.98. The van der Waals surface area contributed by atoms with Crippen molar-refractivity contribution in [1.29, 1.82) is 0 Å². The van der Waals surface area contributed by atoms with Crippen LogP contribution in [0.4, 0.5) is 16.0 Å². The molecular weight excluding hydrogens is 395 g/mol. The average Bonchev–Trinajstić information content (AvgIpc) is 3.22. The van der Waals surface area contributed by atoms with Gasteiger partial charge >= 0.3 is 0 Å². The zero-order valence-corrected chi connectivity index (χ0v) is 16.5. The first kappa shape index (κ1) is 19.3. The number of nitrogens with zero attached hydrogens (tertiary/aromatic N) is 5. The van der Waals surface area contributed by atoms with Crippen molar-refractivity contribution in [1.82, 2.24) is 24.2 Å². The largest absolute Gasteiger partial charge is 0.322 e. The Kier molecular flexibility index (Phi) is 5.20. The average molecular weight is 414 g/mol. The second-order valence-corrected chi connectivity index (χ2v) is 8.62. The minimum absolute atomic E-state index is 0.0608. The molecule has 1 saturated heterocycles. The number of rotatable bonds is 5. The van der Waals surface area contributed by atoms with Crippen molar-refractivity contribution in [2.24, 2.45) is 0 Å². The molecule has 1 fully saturated rings. The van der Waals surface area contributed by atoms with Gasteiger partial charge in [-0.25, -0.2) is 22.8 Å². The van der Waals surface area contributed by atoms with Gasteiger partial charge in [0.05, 0.1) is 35.2 Å². The highest BCUT2D eigenvalue weighted by atomic mass is 32.2. The summed E-state index contributed by atoms with van der Waals surface area (Å²) in [4.78, 5) is 16.8. The minimum Gasteiger partial charge on any atom is -0.322 e. The molecule has 3 heterocycles. The van der Waals surface area contributed by atoms with Crippen molar-refractivity contribution < 1.29 is 12.8 Å². The molecule has 4 rings (SSSR count). The third-order valence-electron chi connectivity index (χ3n) is 4.77. The Balaban J connectivity index is 1.63. The summed E-state index contributed by atoms with van der Waals surface area (Å²) in [6.45, 7) is 1.93. The fourth-order valence-corrected chi connectivity index (χ4v) is 4.97. The zero-order valence-electron chi connectivity index (χ0n) is 15.7. The number of benzene rings is 1. The molecule has 1 atom stereocenters. The standard InChI is InChI=1S/C19H19FN6O2S/c1-13-4-5-14(9-15(13)20)29(27,28)26-8-2-3-17(26)16-10-22-12-19(24-16)25-18-11-21-6-7-23-18/h4-7,9-12,17H,2-3,8H2,1H3,(H,23,24,25). The van der Waals surface area contributed by atoms with E-state index in [4.69, 9.17) is 0 Å². The lowest BCUT2D eigenvalue weighted by molar-refractivity contribution is 0.389.